The Balaban J connectivity index is 0.00000225. The molecule has 6 heteroatoms. The van der Waals surface area contributed by atoms with E-state index >= 15 is 0 Å². The zero-order valence-electron chi connectivity index (χ0n) is 14.6. The number of nitrogens with one attached hydrogen (secondary N) is 2. The molecule has 0 saturated carbocycles. The fraction of sp³-hybridized carbons (Fsp3) is 0.263. The van der Waals surface area contributed by atoms with Gasteiger partial charge in [0.05, 0.1) is 0 Å². The number of amides is 2. The largest absolute Gasteiger partial charge is 0.384 e. The van der Waals surface area contributed by atoms with Gasteiger partial charge in [-0.25, -0.2) is 0 Å². The van der Waals surface area contributed by atoms with Gasteiger partial charge in [0.25, 0.3) is 11.8 Å². The second-order valence-electron chi connectivity index (χ2n) is 6.23. The van der Waals surface area contributed by atoms with E-state index < -0.39 is 0 Å². The maximum absolute atomic E-state index is 12.6. The molecule has 1 aliphatic heterocycles. The average molecular weight is 360 g/mol. The van der Waals surface area contributed by atoms with Gasteiger partial charge in [-0.3, -0.25) is 9.59 Å². The van der Waals surface area contributed by atoms with E-state index in [0.717, 1.165) is 29.8 Å². The van der Waals surface area contributed by atoms with Crippen LogP contribution in [0, 0.1) is 6.92 Å². The Bertz CT molecular complexity index is 818. The third kappa shape index (κ3) is 3.94. The molecule has 0 radical (unpaired) electrons. The van der Waals surface area contributed by atoms with E-state index in [0.29, 0.717) is 16.8 Å². The van der Waals surface area contributed by atoms with Gasteiger partial charge in [0.2, 0.25) is 0 Å². The molecule has 5 nitrogen and oxygen atoms in total. The van der Waals surface area contributed by atoms with Crippen LogP contribution in [-0.2, 0) is 6.42 Å². The average Bonchev–Trinajstić information content (AvgIpc) is 3.03. The van der Waals surface area contributed by atoms with Crippen LogP contribution in [-0.4, -0.2) is 37.4 Å². The molecule has 0 saturated heterocycles. The molecule has 0 fully saturated rings. The molecule has 0 atom stereocenters. The SMILES string of the molecule is Cc1ccc(C(=O)N(C)C)cc1NC(=O)c1ccc2c(c1)CCN2.Cl. The quantitative estimate of drug-likeness (QED) is 0.883. The van der Waals surface area contributed by atoms with Crippen LogP contribution in [0.1, 0.15) is 31.8 Å². The molecule has 132 valence electrons. The molecule has 0 spiro atoms. The lowest BCUT2D eigenvalue weighted by molar-refractivity contribution is 0.0827. The van der Waals surface area contributed by atoms with E-state index in [-0.39, 0.29) is 24.2 Å². The summed E-state index contributed by atoms with van der Waals surface area (Å²) >= 11 is 0. The number of anilines is 2. The molecule has 3 rings (SSSR count). The highest BCUT2D eigenvalue weighted by atomic mass is 35.5. The summed E-state index contributed by atoms with van der Waals surface area (Å²) in [6.07, 6.45) is 0.933. The van der Waals surface area contributed by atoms with Gasteiger partial charge < -0.3 is 15.5 Å². The molecule has 0 aliphatic carbocycles. The van der Waals surface area contributed by atoms with Crippen molar-refractivity contribution in [1.29, 1.82) is 0 Å². The third-order valence-corrected chi connectivity index (χ3v) is 4.22. The van der Waals surface area contributed by atoms with Crippen LogP contribution in [0.3, 0.4) is 0 Å². The fourth-order valence-corrected chi connectivity index (χ4v) is 2.79. The smallest absolute Gasteiger partial charge is 0.255 e. The molecule has 1 aliphatic rings. The van der Waals surface area contributed by atoms with Crippen LogP contribution in [0.4, 0.5) is 11.4 Å². The first-order valence-corrected chi connectivity index (χ1v) is 7.96. The van der Waals surface area contributed by atoms with E-state index in [4.69, 9.17) is 0 Å². The van der Waals surface area contributed by atoms with E-state index in [1.807, 2.05) is 31.2 Å². The molecule has 2 aromatic rings. The zero-order chi connectivity index (χ0) is 17.3. The highest BCUT2D eigenvalue weighted by Crippen LogP contribution is 2.24. The minimum Gasteiger partial charge on any atom is -0.384 e. The summed E-state index contributed by atoms with van der Waals surface area (Å²) in [5.74, 6) is -0.253. The number of aryl methyl sites for hydroxylation is 1. The molecule has 1 heterocycles. The van der Waals surface area contributed by atoms with Crippen LogP contribution in [0.25, 0.3) is 0 Å². The first-order chi connectivity index (χ1) is 11.5. The minimum absolute atomic E-state index is 0. The van der Waals surface area contributed by atoms with Crippen molar-refractivity contribution in [1.82, 2.24) is 4.90 Å². The molecular formula is C19H22ClN3O2. The van der Waals surface area contributed by atoms with Crippen molar-refractivity contribution in [2.75, 3.05) is 31.3 Å². The standard InChI is InChI=1S/C19H21N3O2.ClH/c1-12-4-5-15(19(24)22(2)3)11-17(12)21-18(23)14-6-7-16-13(10-14)8-9-20-16;/h4-7,10-11,20H,8-9H2,1-3H3,(H,21,23);1H. The minimum atomic E-state index is -0.165. The normalized spacial score (nSPS) is 11.8. The molecule has 2 N–H and O–H groups in total. The highest BCUT2D eigenvalue weighted by Gasteiger charge is 2.15. The van der Waals surface area contributed by atoms with E-state index in [9.17, 15) is 9.59 Å². The lowest BCUT2D eigenvalue weighted by Gasteiger charge is -2.14. The van der Waals surface area contributed by atoms with Gasteiger partial charge >= 0.3 is 0 Å². The molecule has 0 unspecified atom stereocenters. The number of benzene rings is 2. The van der Waals surface area contributed by atoms with Crippen molar-refractivity contribution in [2.45, 2.75) is 13.3 Å². The van der Waals surface area contributed by atoms with Crippen LogP contribution < -0.4 is 10.6 Å². The van der Waals surface area contributed by atoms with Crippen molar-refractivity contribution in [3.63, 3.8) is 0 Å². The number of hydrogen-bond acceptors (Lipinski definition) is 3. The number of carbonyl (C=O) groups excluding carboxylic acids is 2. The number of rotatable bonds is 3. The lowest BCUT2D eigenvalue weighted by atomic mass is 10.1. The van der Waals surface area contributed by atoms with E-state index in [2.05, 4.69) is 10.6 Å². The molecule has 2 aromatic carbocycles. The number of fused-ring (bicyclic) bond motifs is 1. The predicted octanol–water partition coefficient (Wildman–Crippen LogP) is 3.34. The number of halogens is 1. The Labute approximate surface area is 153 Å². The maximum Gasteiger partial charge on any atom is 0.255 e. The van der Waals surface area contributed by atoms with Gasteiger partial charge in [0, 0.05) is 43.1 Å². The second-order valence-corrected chi connectivity index (χ2v) is 6.23. The Kier molecular flexibility index (Phi) is 5.69. The number of nitrogens with zero attached hydrogens (tertiary/aromatic N) is 1. The van der Waals surface area contributed by atoms with Crippen molar-refractivity contribution < 1.29 is 9.59 Å². The summed E-state index contributed by atoms with van der Waals surface area (Å²) in [5, 5.41) is 6.20. The fourth-order valence-electron chi connectivity index (χ4n) is 2.79. The van der Waals surface area contributed by atoms with E-state index in [1.165, 1.54) is 4.90 Å². The van der Waals surface area contributed by atoms with Gasteiger partial charge in [0.15, 0.2) is 0 Å². The first-order valence-electron chi connectivity index (χ1n) is 7.96. The molecule has 0 aromatic heterocycles. The summed E-state index contributed by atoms with van der Waals surface area (Å²) in [5.41, 5.74) is 5.02. The van der Waals surface area contributed by atoms with Crippen LogP contribution in [0.15, 0.2) is 36.4 Å². The van der Waals surface area contributed by atoms with Crippen molar-refractivity contribution >= 4 is 35.6 Å². The van der Waals surface area contributed by atoms with Gasteiger partial charge in [0.1, 0.15) is 0 Å². The molecule has 25 heavy (non-hydrogen) atoms. The molecule has 0 bridgehead atoms. The predicted molar refractivity (Wildman–Crippen MR) is 103 cm³/mol. The van der Waals surface area contributed by atoms with Crippen LogP contribution >= 0.6 is 12.4 Å². The van der Waals surface area contributed by atoms with Crippen LogP contribution in [0.5, 0.6) is 0 Å². The lowest BCUT2D eigenvalue weighted by Crippen LogP contribution is -2.22. The third-order valence-electron chi connectivity index (χ3n) is 4.22. The molecular weight excluding hydrogens is 338 g/mol. The second kappa shape index (κ2) is 7.57. The Hall–Kier alpha value is -2.53. The van der Waals surface area contributed by atoms with Crippen molar-refractivity contribution in [3.8, 4) is 0 Å². The van der Waals surface area contributed by atoms with Gasteiger partial charge in [-0.05, 0) is 54.8 Å². The highest BCUT2D eigenvalue weighted by molar-refractivity contribution is 6.06. The van der Waals surface area contributed by atoms with Gasteiger partial charge in [-0.15, -0.1) is 12.4 Å². The molecule has 2 amide bonds. The summed E-state index contributed by atoms with van der Waals surface area (Å²) in [7, 11) is 3.41. The summed E-state index contributed by atoms with van der Waals surface area (Å²) in [4.78, 5) is 26.2. The monoisotopic (exact) mass is 359 g/mol. The van der Waals surface area contributed by atoms with Crippen LogP contribution in [0.2, 0.25) is 0 Å². The topological polar surface area (TPSA) is 61.4 Å². The summed E-state index contributed by atoms with van der Waals surface area (Å²) < 4.78 is 0. The van der Waals surface area contributed by atoms with Gasteiger partial charge in [-0.1, -0.05) is 6.07 Å². The summed E-state index contributed by atoms with van der Waals surface area (Å²) in [6.45, 7) is 2.82. The van der Waals surface area contributed by atoms with Crippen molar-refractivity contribution in [3.05, 3.63) is 58.7 Å². The first kappa shape index (κ1) is 18.8. The van der Waals surface area contributed by atoms with E-state index in [1.54, 1.807) is 26.2 Å². The Morgan fingerprint density at radius 2 is 1.80 bits per heavy atom. The zero-order valence-corrected chi connectivity index (χ0v) is 15.4. The summed E-state index contributed by atoms with van der Waals surface area (Å²) in [6, 6.07) is 11.0. The Morgan fingerprint density at radius 1 is 1.08 bits per heavy atom. The Morgan fingerprint density at radius 3 is 2.52 bits per heavy atom. The van der Waals surface area contributed by atoms with Gasteiger partial charge in [-0.2, -0.15) is 0 Å². The number of carbonyl (C=O) groups is 2. The number of hydrogen-bond donors (Lipinski definition) is 2. The maximum atomic E-state index is 12.6. The van der Waals surface area contributed by atoms with Crippen molar-refractivity contribution in [2.24, 2.45) is 0 Å².